The van der Waals surface area contributed by atoms with Crippen LogP contribution in [0.3, 0.4) is 0 Å². The Labute approximate surface area is 135 Å². The molecular formula is C17H13BrFNO2. The van der Waals surface area contributed by atoms with Gasteiger partial charge in [-0.15, -0.1) is 0 Å². The Balaban J connectivity index is 1.79. The first-order valence-corrected chi connectivity index (χ1v) is 7.71. The van der Waals surface area contributed by atoms with Crippen molar-refractivity contribution in [3.8, 4) is 0 Å². The maximum atomic E-state index is 13.0. The summed E-state index contributed by atoms with van der Waals surface area (Å²) in [6.07, 6.45) is 0.710. The molecule has 5 heteroatoms. The molecule has 0 aromatic heterocycles. The largest absolute Gasteiger partial charge is 0.274 e. The van der Waals surface area contributed by atoms with E-state index < -0.39 is 5.82 Å². The zero-order valence-corrected chi connectivity index (χ0v) is 13.2. The van der Waals surface area contributed by atoms with Crippen molar-refractivity contribution in [3.05, 3.63) is 64.4 Å². The molecule has 2 amide bonds. The molecule has 2 aromatic carbocycles. The van der Waals surface area contributed by atoms with Crippen molar-refractivity contribution in [1.29, 1.82) is 0 Å². The van der Waals surface area contributed by atoms with E-state index in [-0.39, 0.29) is 24.2 Å². The predicted molar refractivity (Wildman–Crippen MR) is 84.8 cm³/mol. The Kier molecular flexibility index (Phi) is 4.07. The molecule has 0 bridgehead atoms. The number of anilines is 1. The number of hydrogen-bond acceptors (Lipinski definition) is 2. The third-order valence-electron chi connectivity index (χ3n) is 3.72. The Morgan fingerprint density at radius 1 is 1.05 bits per heavy atom. The molecule has 0 radical (unpaired) electrons. The second kappa shape index (κ2) is 6.01. The summed E-state index contributed by atoms with van der Waals surface area (Å²) in [6.45, 7) is 0. The van der Waals surface area contributed by atoms with Crippen LogP contribution in [0.1, 0.15) is 12.0 Å². The van der Waals surface area contributed by atoms with E-state index in [9.17, 15) is 14.0 Å². The first kappa shape index (κ1) is 14.9. The molecule has 0 unspecified atom stereocenters. The van der Waals surface area contributed by atoms with Crippen LogP contribution in [0.25, 0.3) is 0 Å². The smallest absolute Gasteiger partial charge is 0.237 e. The maximum Gasteiger partial charge on any atom is 0.237 e. The summed E-state index contributed by atoms with van der Waals surface area (Å²) >= 11 is 3.37. The molecule has 3 nitrogen and oxygen atoms in total. The number of amides is 2. The van der Waals surface area contributed by atoms with E-state index in [0.29, 0.717) is 12.1 Å². The molecule has 22 heavy (non-hydrogen) atoms. The summed E-state index contributed by atoms with van der Waals surface area (Å²) in [5, 5.41) is 0. The average Bonchev–Trinajstić information content (AvgIpc) is 2.77. The van der Waals surface area contributed by atoms with Gasteiger partial charge in [-0.2, -0.15) is 0 Å². The Hall–Kier alpha value is -2.01. The van der Waals surface area contributed by atoms with Crippen LogP contribution in [-0.4, -0.2) is 11.8 Å². The van der Waals surface area contributed by atoms with E-state index in [1.807, 2.05) is 24.3 Å². The summed E-state index contributed by atoms with van der Waals surface area (Å²) in [7, 11) is 0. The lowest BCUT2D eigenvalue weighted by Crippen LogP contribution is -2.30. The second-order valence-corrected chi connectivity index (χ2v) is 6.19. The molecule has 1 atom stereocenters. The zero-order chi connectivity index (χ0) is 15.7. The molecule has 1 fully saturated rings. The Bertz CT molecular complexity index is 712. The third-order valence-corrected chi connectivity index (χ3v) is 4.25. The van der Waals surface area contributed by atoms with Crippen molar-refractivity contribution in [2.75, 3.05) is 4.90 Å². The minimum Gasteiger partial charge on any atom is -0.274 e. The van der Waals surface area contributed by atoms with E-state index in [1.165, 1.54) is 24.3 Å². The first-order valence-electron chi connectivity index (χ1n) is 6.91. The lowest BCUT2D eigenvalue weighted by Gasteiger charge is -2.15. The van der Waals surface area contributed by atoms with Gasteiger partial charge in [0.15, 0.2) is 0 Å². The van der Waals surface area contributed by atoms with Gasteiger partial charge in [-0.1, -0.05) is 28.1 Å². The van der Waals surface area contributed by atoms with Gasteiger partial charge < -0.3 is 0 Å². The minimum absolute atomic E-state index is 0.187. The van der Waals surface area contributed by atoms with Gasteiger partial charge in [-0.05, 0) is 48.4 Å². The molecular weight excluding hydrogens is 349 g/mol. The van der Waals surface area contributed by atoms with Gasteiger partial charge in [0, 0.05) is 10.9 Å². The van der Waals surface area contributed by atoms with Crippen LogP contribution < -0.4 is 4.90 Å². The van der Waals surface area contributed by atoms with E-state index in [2.05, 4.69) is 15.9 Å². The molecule has 1 aliphatic heterocycles. The van der Waals surface area contributed by atoms with E-state index >= 15 is 0 Å². The number of carbonyl (C=O) groups excluding carboxylic acids is 2. The van der Waals surface area contributed by atoms with E-state index in [0.717, 1.165) is 14.9 Å². The summed E-state index contributed by atoms with van der Waals surface area (Å²) in [6, 6.07) is 13.1. The number of imide groups is 1. The molecule has 112 valence electrons. The summed E-state index contributed by atoms with van der Waals surface area (Å²) in [5.74, 6) is -1.22. The van der Waals surface area contributed by atoms with Crippen molar-refractivity contribution in [1.82, 2.24) is 0 Å². The number of hydrogen-bond donors (Lipinski definition) is 0. The van der Waals surface area contributed by atoms with Gasteiger partial charge in [-0.3, -0.25) is 14.5 Å². The van der Waals surface area contributed by atoms with Crippen LogP contribution in [0.2, 0.25) is 0 Å². The van der Waals surface area contributed by atoms with Crippen molar-refractivity contribution in [3.63, 3.8) is 0 Å². The fraction of sp³-hybridized carbons (Fsp3) is 0.176. The van der Waals surface area contributed by atoms with Gasteiger partial charge in [0.25, 0.3) is 0 Å². The normalized spacial score (nSPS) is 18.1. The summed E-state index contributed by atoms with van der Waals surface area (Å²) < 4.78 is 13.9. The molecule has 2 aromatic rings. The molecule has 1 aliphatic rings. The fourth-order valence-corrected chi connectivity index (χ4v) is 2.89. The highest BCUT2D eigenvalue weighted by Crippen LogP contribution is 2.29. The van der Waals surface area contributed by atoms with Crippen LogP contribution in [0.4, 0.5) is 10.1 Å². The van der Waals surface area contributed by atoms with E-state index in [4.69, 9.17) is 0 Å². The first-order chi connectivity index (χ1) is 10.5. The average molecular weight is 362 g/mol. The van der Waals surface area contributed by atoms with Crippen molar-refractivity contribution in [2.24, 2.45) is 5.92 Å². The lowest BCUT2D eigenvalue weighted by molar-refractivity contribution is -0.122. The second-order valence-electron chi connectivity index (χ2n) is 5.28. The summed E-state index contributed by atoms with van der Waals surface area (Å²) in [4.78, 5) is 25.8. The van der Waals surface area contributed by atoms with Crippen molar-refractivity contribution < 1.29 is 14.0 Å². The standard InChI is InChI=1S/C17H13BrFNO2/c18-13-3-1-11(2-4-13)9-12-10-16(21)20(17(12)22)15-7-5-14(19)6-8-15/h1-8,12H,9-10H2/t12-/m1/s1. The van der Waals surface area contributed by atoms with Crippen LogP contribution in [0.15, 0.2) is 53.0 Å². The van der Waals surface area contributed by atoms with Gasteiger partial charge >= 0.3 is 0 Å². The van der Waals surface area contributed by atoms with Crippen LogP contribution in [0, 0.1) is 11.7 Å². The number of nitrogens with zero attached hydrogens (tertiary/aromatic N) is 1. The Morgan fingerprint density at radius 3 is 2.32 bits per heavy atom. The fourth-order valence-electron chi connectivity index (χ4n) is 2.62. The topological polar surface area (TPSA) is 37.4 Å². The van der Waals surface area contributed by atoms with Crippen molar-refractivity contribution in [2.45, 2.75) is 12.8 Å². The van der Waals surface area contributed by atoms with Gasteiger partial charge in [-0.25, -0.2) is 4.39 Å². The van der Waals surface area contributed by atoms with Gasteiger partial charge in [0.1, 0.15) is 5.82 Å². The third kappa shape index (κ3) is 2.95. The molecule has 3 rings (SSSR count). The lowest BCUT2D eigenvalue weighted by atomic mass is 9.98. The molecule has 0 spiro atoms. The van der Waals surface area contributed by atoms with Gasteiger partial charge in [0.2, 0.25) is 11.8 Å². The number of rotatable bonds is 3. The quantitative estimate of drug-likeness (QED) is 0.781. The van der Waals surface area contributed by atoms with Crippen molar-refractivity contribution >= 4 is 33.4 Å². The van der Waals surface area contributed by atoms with Crippen LogP contribution in [0.5, 0.6) is 0 Å². The van der Waals surface area contributed by atoms with Crippen LogP contribution in [-0.2, 0) is 16.0 Å². The summed E-state index contributed by atoms with van der Waals surface area (Å²) in [5.41, 5.74) is 1.44. The minimum atomic E-state index is -0.394. The molecule has 0 aliphatic carbocycles. The molecule has 1 heterocycles. The predicted octanol–water partition coefficient (Wildman–Crippen LogP) is 3.71. The van der Waals surface area contributed by atoms with Crippen LogP contribution >= 0.6 is 15.9 Å². The SMILES string of the molecule is O=C1C[C@@H](Cc2ccc(Br)cc2)C(=O)N1c1ccc(F)cc1. The molecule has 1 saturated heterocycles. The van der Waals surface area contributed by atoms with E-state index in [1.54, 1.807) is 0 Å². The maximum absolute atomic E-state index is 13.0. The highest BCUT2D eigenvalue weighted by molar-refractivity contribution is 9.10. The molecule has 0 N–H and O–H groups in total. The zero-order valence-electron chi connectivity index (χ0n) is 11.6. The number of benzene rings is 2. The molecule has 0 saturated carbocycles. The highest BCUT2D eigenvalue weighted by atomic mass is 79.9. The van der Waals surface area contributed by atoms with Gasteiger partial charge in [0.05, 0.1) is 11.6 Å². The Morgan fingerprint density at radius 2 is 1.68 bits per heavy atom. The number of carbonyl (C=O) groups is 2. The highest BCUT2D eigenvalue weighted by Gasteiger charge is 2.39. The number of halogens is 2. The monoisotopic (exact) mass is 361 g/mol.